The molecular formula is C68H80N12O6S2. The molecule has 2 unspecified atom stereocenters. The van der Waals surface area contributed by atoms with Gasteiger partial charge >= 0.3 is 0 Å². The largest absolute Gasteiger partial charge is 0.362 e. The molecular weight excluding hydrogens is 1140 g/mol. The number of anilines is 4. The molecule has 2 fully saturated rings. The van der Waals surface area contributed by atoms with Gasteiger partial charge in [-0.15, -0.1) is 0 Å². The fourth-order valence-corrected chi connectivity index (χ4v) is 14.9. The highest BCUT2D eigenvalue weighted by molar-refractivity contribution is 7.90. The molecule has 4 N–H and O–H groups in total. The maximum atomic E-state index is 13.8. The number of nitrogens with one attached hydrogen (secondary N) is 4. The standard InChI is InChI=1S/2C34H40N6O3S/c2*1-21-9-7-10-23-17-25-31(38-30(21)23)40-20-22(19-34(40,5)6)13-14-26(27-18-24(15-16-35-27)33(2,3)4)36-28-11-8-12-29(37-28)44(42,43)39-32(25)41/h2*7-12,15-18,22,26H,13-14,19-20H2,1-6H3,(H,36,37)(H,39,41)/t2*22-,26?/m00/s1. The van der Waals surface area contributed by atoms with Gasteiger partial charge in [-0.3, -0.25) is 19.6 Å². The first-order valence-corrected chi connectivity index (χ1v) is 33.3. The second-order valence-corrected chi connectivity index (χ2v) is 30.8. The topological polar surface area (TPSA) is 234 Å². The van der Waals surface area contributed by atoms with Gasteiger partial charge in [-0.05, 0) is 186 Å². The van der Waals surface area contributed by atoms with Crippen molar-refractivity contribution in [3.05, 3.63) is 166 Å². The van der Waals surface area contributed by atoms with Crippen LogP contribution in [-0.4, -0.2) is 82.7 Å². The van der Waals surface area contributed by atoms with Gasteiger partial charge in [0.25, 0.3) is 31.9 Å². The van der Waals surface area contributed by atoms with Crippen LogP contribution < -0.4 is 29.9 Å². The molecule has 20 heteroatoms. The minimum absolute atomic E-state index is 0.0547. The number of amides is 2. The first kappa shape index (κ1) is 61.5. The number of fused-ring (bicyclic) bond motifs is 14. The van der Waals surface area contributed by atoms with Crippen molar-refractivity contribution in [2.75, 3.05) is 33.5 Å². The molecule has 6 aromatic heterocycles. The first-order valence-electron chi connectivity index (χ1n) is 30.3. The number of sulfonamides is 2. The molecule has 0 aliphatic carbocycles. The number of aromatic nitrogens is 6. The van der Waals surface area contributed by atoms with Crippen LogP contribution in [0, 0.1) is 25.7 Å². The Labute approximate surface area is 517 Å². The minimum Gasteiger partial charge on any atom is -0.362 e. The molecule has 4 aliphatic heterocycles. The number of benzene rings is 2. The first-order chi connectivity index (χ1) is 41.4. The lowest BCUT2D eigenvalue weighted by Gasteiger charge is -2.34. The van der Waals surface area contributed by atoms with Gasteiger partial charge in [0.15, 0.2) is 10.1 Å². The Hall–Kier alpha value is -8.10. The summed E-state index contributed by atoms with van der Waals surface area (Å²) < 4.78 is 58.8. The summed E-state index contributed by atoms with van der Waals surface area (Å²) in [5, 5.41) is 8.03. The van der Waals surface area contributed by atoms with Crippen LogP contribution in [0.3, 0.4) is 0 Å². The summed E-state index contributed by atoms with van der Waals surface area (Å²) in [6.07, 6.45) is 8.80. The van der Waals surface area contributed by atoms with Crippen molar-refractivity contribution in [3.8, 4) is 0 Å². The Morgan fingerprint density at radius 3 is 1.27 bits per heavy atom. The Balaban J connectivity index is 0.000000182. The Morgan fingerprint density at radius 2 is 0.886 bits per heavy atom. The zero-order valence-electron chi connectivity index (χ0n) is 52.4. The molecule has 10 heterocycles. The van der Waals surface area contributed by atoms with Crippen LogP contribution in [0.1, 0.15) is 174 Å². The normalized spacial score (nSPS) is 21.5. The van der Waals surface area contributed by atoms with E-state index in [0.717, 1.165) is 82.8 Å². The number of carbonyl (C=O) groups is 2. The van der Waals surface area contributed by atoms with E-state index < -0.39 is 31.9 Å². The van der Waals surface area contributed by atoms with Gasteiger partial charge in [-0.2, -0.15) is 16.8 Å². The maximum Gasteiger partial charge on any atom is 0.281 e. The van der Waals surface area contributed by atoms with Gasteiger partial charge in [0.2, 0.25) is 0 Å². The van der Waals surface area contributed by atoms with Gasteiger partial charge in [0.1, 0.15) is 23.3 Å². The average Bonchev–Trinajstić information content (AvgIpc) is 1.52. The average molecular weight is 1230 g/mol. The summed E-state index contributed by atoms with van der Waals surface area (Å²) in [7, 11) is -8.59. The van der Waals surface area contributed by atoms with Crippen molar-refractivity contribution in [3.63, 3.8) is 0 Å². The highest BCUT2D eigenvalue weighted by Gasteiger charge is 2.43. The lowest BCUT2D eigenvalue weighted by molar-refractivity contribution is 0.0972. The number of nitrogens with zero attached hydrogens (tertiary/aromatic N) is 8. The molecule has 4 atom stereocenters. The van der Waals surface area contributed by atoms with Gasteiger partial charge in [-0.1, -0.05) is 90.1 Å². The monoisotopic (exact) mass is 1220 g/mol. The molecule has 2 amide bonds. The van der Waals surface area contributed by atoms with E-state index in [0.29, 0.717) is 48.2 Å². The third kappa shape index (κ3) is 12.8. The molecule has 460 valence electrons. The highest BCUT2D eigenvalue weighted by Crippen LogP contribution is 2.44. The maximum absolute atomic E-state index is 13.8. The molecule has 88 heavy (non-hydrogen) atoms. The molecule has 0 spiro atoms. The minimum atomic E-state index is -4.30. The predicted octanol–water partition coefficient (Wildman–Crippen LogP) is 12.6. The van der Waals surface area contributed by atoms with Crippen molar-refractivity contribution in [1.82, 2.24) is 39.3 Å². The van der Waals surface area contributed by atoms with E-state index in [1.807, 2.05) is 74.8 Å². The number of para-hydroxylation sites is 2. The summed E-state index contributed by atoms with van der Waals surface area (Å²) in [6.45, 7) is 27.1. The number of rotatable bonds is 2. The number of aryl methyl sites for hydroxylation is 2. The quantitative estimate of drug-likeness (QED) is 0.126. The third-order valence-corrected chi connectivity index (χ3v) is 20.3. The Morgan fingerprint density at radius 1 is 0.500 bits per heavy atom. The molecule has 2 aromatic carbocycles. The highest BCUT2D eigenvalue weighted by atomic mass is 32.2. The van der Waals surface area contributed by atoms with Crippen molar-refractivity contribution in [1.29, 1.82) is 0 Å². The van der Waals surface area contributed by atoms with Gasteiger partial charge < -0.3 is 20.4 Å². The second-order valence-electron chi connectivity index (χ2n) is 27.6. The summed E-state index contributed by atoms with van der Waals surface area (Å²) in [5.74, 6) is 0.977. The summed E-state index contributed by atoms with van der Waals surface area (Å²) in [6, 6.07) is 32.6. The Kier molecular flexibility index (Phi) is 16.2. The second kappa shape index (κ2) is 23.1. The van der Waals surface area contributed by atoms with Gasteiger partial charge in [0.05, 0.1) is 45.6 Å². The van der Waals surface area contributed by atoms with E-state index in [4.69, 9.17) is 19.9 Å². The zero-order chi connectivity index (χ0) is 62.9. The van der Waals surface area contributed by atoms with E-state index in [1.165, 1.54) is 23.3 Å². The van der Waals surface area contributed by atoms with Gasteiger partial charge in [0, 0.05) is 47.3 Å². The summed E-state index contributed by atoms with van der Waals surface area (Å²) in [5.41, 5.74) is 7.40. The van der Waals surface area contributed by atoms with E-state index in [-0.39, 0.29) is 55.2 Å². The van der Waals surface area contributed by atoms with Crippen LogP contribution in [-0.2, 0) is 30.9 Å². The van der Waals surface area contributed by atoms with Crippen molar-refractivity contribution in [2.45, 2.75) is 166 Å². The van der Waals surface area contributed by atoms with Crippen LogP contribution in [0.15, 0.2) is 132 Å². The zero-order valence-corrected chi connectivity index (χ0v) is 54.0. The molecule has 18 nitrogen and oxygen atoms in total. The fraction of sp³-hybridized carbons (Fsp3) is 0.412. The lowest BCUT2D eigenvalue weighted by atomic mass is 9.86. The molecule has 8 bridgehead atoms. The van der Waals surface area contributed by atoms with E-state index in [2.05, 4.69) is 121 Å². The van der Waals surface area contributed by atoms with Crippen LogP contribution in [0.4, 0.5) is 23.3 Å². The van der Waals surface area contributed by atoms with E-state index in [1.54, 1.807) is 36.4 Å². The molecule has 4 aliphatic rings. The number of hydrogen-bond donors (Lipinski definition) is 4. The van der Waals surface area contributed by atoms with E-state index >= 15 is 0 Å². The molecule has 8 aromatic rings. The third-order valence-electron chi connectivity index (χ3n) is 17.8. The molecule has 0 radical (unpaired) electrons. The predicted molar refractivity (Wildman–Crippen MR) is 347 cm³/mol. The van der Waals surface area contributed by atoms with Crippen LogP contribution >= 0.6 is 0 Å². The smallest absolute Gasteiger partial charge is 0.281 e. The fourth-order valence-electron chi connectivity index (χ4n) is 13.0. The molecule has 12 rings (SSSR count). The molecule has 0 saturated carbocycles. The SMILES string of the molecule is Cc1cccc2cc3c(nc12)N1C[C@@H](CCC(c2cc(C(C)(C)C)ccn2)Nc2cccc(n2)S(=O)(=O)NC3=O)CC1(C)C.Cc1cccc2cc3c(nc12)N1C[C@@H](CCC(c2cc(C(C)(C)C)ccn2)Nc2cccc(n2)S(=O)(=O)NC3=O)CC1(C)C. The van der Waals surface area contributed by atoms with Crippen LogP contribution in [0.2, 0.25) is 0 Å². The number of hydrogen-bond acceptors (Lipinski definition) is 16. The van der Waals surface area contributed by atoms with E-state index in [9.17, 15) is 26.4 Å². The number of carbonyl (C=O) groups excluding carboxylic acids is 2. The summed E-state index contributed by atoms with van der Waals surface area (Å²) >= 11 is 0. The van der Waals surface area contributed by atoms with Crippen LogP contribution in [0.25, 0.3) is 21.8 Å². The lowest BCUT2D eigenvalue weighted by Crippen LogP contribution is -2.41. The van der Waals surface area contributed by atoms with Crippen molar-refractivity contribution < 1.29 is 26.4 Å². The van der Waals surface area contributed by atoms with Gasteiger partial charge in [-0.25, -0.2) is 29.4 Å². The summed E-state index contributed by atoms with van der Waals surface area (Å²) in [4.78, 5) is 60.4. The van der Waals surface area contributed by atoms with Crippen molar-refractivity contribution >= 4 is 76.9 Å². The number of pyridine rings is 6. The van der Waals surface area contributed by atoms with Crippen molar-refractivity contribution in [2.24, 2.45) is 11.8 Å². The molecule has 2 saturated heterocycles. The van der Waals surface area contributed by atoms with Crippen LogP contribution in [0.5, 0.6) is 0 Å². The Bertz CT molecular complexity index is 4000.